The predicted molar refractivity (Wildman–Crippen MR) is 66.3 cm³/mol. The van der Waals surface area contributed by atoms with E-state index < -0.39 is 0 Å². The van der Waals surface area contributed by atoms with E-state index in [2.05, 4.69) is 25.2 Å². The summed E-state index contributed by atoms with van der Waals surface area (Å²) in [5.41, 5.74) is 3.62. The first kappa shape index (κ1) is 10.6. The number of rotatable bonds is 2. The highest BCUT2D eigenvalue weighted by molar-refractivity contribution is 5.79. The molecule has 1 aromatic heterocycles. The van der Waals surface area contributed by atoms with Crippen molar-refractivity contribution in [1.82, 2.24) is 10.3 Å². The first-order valence-electron chi connectivity index (χ1n) is 5.53. The molecule has 5 heteroatoms. The fourth-order valence-corrected chi connectivity index (χ4v) is 1.70. The van der Waals surface area contributed by atoms with E-state index in [4.69, 9.17) is 0 Å². The fraction of sp³-hybridized carbons (Fsp3) is 0.0769. The summed E-state index contributed by atoms with van der Waals surface area (Å²) in [4.78, 5) is 0. The minimum Gasteiger partial charge on any atom is -0.242 e. The summed E-state index contributed by atoms with van der Waals surface area (Å²) in [5, 5.41) is 15.5. The van der Waals surface area contributed by atoms with E-state index in [0.717, 1.165) is 16.8 Å². The van der Waals surface area contributed by atoms with Gasteiger partial charge in [0.2, 0.25) is 5.82 Å². The van der Waals surface area contributed by atoms with Gasteiger partial charge < -0.3 is 0 Å². The van der Waals surface area contributed by atoms with E-state index in [9.17, 15) is 0 Å². The Hall–Kier alpha value is -2.56. The summed E-state index contributed by atoms with van der Waals surface area (Å²) in [6.07, 6.45) is 0. The van der Waals surface area contributed by atoms with Crippen molar-refractivity contribution in [2.75, 3.05) is 0 Å². The molecule has 18 heavy (non-hydrogen) atoms. The average Bonchev–Trinajstić information content (AvgIpc) is 2.86. The lowest BCUT2D eigenvalue weighted by Crippen LogP contribution is -1.69. The maximum Gasteiger partial charge on any atom is 0.240 e. The largest absolute Gasteiger partial charge is 0.242 e. The van der Waals surface area contributed by atoms with E-state index in [0.29, 0.717) is 11.5 Å². The third-order valence-corrected chi connectivity index (χ3v) is 2.65. The number of nitrogens with zero attached hydrogens (tertiary/aromatic N) is 4. The molecule has 0 aliphatic heterocycles. The van der Waals surface area contributed by atoms with Crippen molar-refractivity contribution in [3.63, 3.8) is 0 Å². The second kappa shape index (κ2) is 4.37. The van der Waals surface area contributed by atoms with Gasteiger partial charge in [-0.3, -0.25) is 0 Å². The van der Waals surface area contributed by atoms with E-state index in [-0.39, 0.29) is 0 Å². The van der Waals surface area contributed by atoms with Crippen LogP contribution in [0.15, 0.2) is 57.3 Å². The van der Waals surface area contributed by atoms with E-state index in [1.54, 1.807) is 6.92 Å². The molecule has 2 aliphatic rings. The molecular weight excluding hydrogens is 228 g/mol. The molecule has 1 heterocycles. The van der Waals surface area contributed by atoms with Gasteiger partial charge in [-0.15, -0.1) is 10.2 Å². The molecule has 0 saturated carbocycles. The number of fused-ring (bicyclic) bond motifs is 1. The molecule has 0 radical (unpaired) electrons. The molecular formula is C13H10N4O. The predicted octanol–water partition coefficient (Wildman–Crippen LogP) is 3.90. The highest BCUT2D eigenvalue weighted by atomic mass is 16.6. The smallest absolute Gasteiger partial charge is 0.240 e. The molecule has 0 bridgehead atoms. The quantitative estimate of drug-likeness (QED) is 0.636. The maximum absolute atomic E-state index is 4.56. The van der Waals surface area contributed by atoms with Crippen LogP contribution in [0.3, 0.4) is 0 Å². The van der Waals surface area contributed by atoms with Crippen molar-refractivity contribution in [2.45, 2.75) is 6.92 Å². The normalized spacial score (nSPS) is 11.4. The Morgan fingerprint density at radius 3 is 2.67 bits per heavy atom. The van der Waals surface area contributed by atoms with Crippen molar-refractivity contribution < 1.29 is 4.63 Å². The van der Waals surface area contributed by atoms with Crippen LogP contribution < -0.4 is 0 Å². The van der Waals surface area contributed by atoms with Crippen LogP contribution in [-0.2, 0) is 0 Å². The molecule has 0 amide bonds. The lowest BCUT2D eigenvalue weighted by Gasteiger charge is -1.92. The van der Waals surface area contributed by atoms with Crippen molar-refractivity contribution in [3.8, 4) is 11.1 Å². The Morgan fingerprint density at radius 2 is 1.83 bits per heavy atom. The molecule has 0 aromatic carbocycles. The monoisotopic (exact) mass is 238 g/mol. The summed E-state index contributed by atoms with van der Waals surface area (Å²) in [6.45, 7) is 1.77. The number of aryl methyl sites for hydroxylation is 1. The van der Waals surface area contributed by atoms with Crippen molar-refractivity contribution >= 4 is 11.5 Å². The highest BCUT2D eigenvalue weighted by Gasteiger charge is 2.08. The van der Waals surface area contributed by atoms with Crippen LogP contribution in [0, 0.1) is 6.92 Å². The number of hydrogen-bond donors (Lipinski definition) is 0. The minimum atomic E-state index is 0.407. The van der Waals surface area contributed by atoms with Gasteiger partial charge in [0.25, 0.3) is 0 Å². The molecule has 0 spiro atoms. The van der Waals surface area contributed by atoms with Crippen LogP contribution >= 0.6 is 0 Å². The lowest BCUT2D eigenvalue weighted by atomic mass is 10.2. The van der Waals surface area contributed by atoms with E-state index in [1.165, 1.54) is 0 Å². The summed E-state index contributed by atoms with van der Waals surface area (Å²) >= 11 is 0. The zero-order valence-electron chi connectivity index (χ0n) is 9.74. The first-order chi connectivity index (χ1) is 8.84. The van der Waals surface area contributed by atoms with Crippen LogP contribution in [-0.4, -0.2) is 10.3 Å². The highest BCUT2D eigenvalue weighted by Crippen LogP contribution is 2.34. The molecule has 3 rings (SSSR count). The van der Waals surface area contributed by atoms with E-state index in [1.807, 2.05) is 42.5 Å². The standard InChI is InChI=1S/C13H10N4O/c1-9-13(17-18-16-9)15-14-12-8-7-10-5-3-2-4-6-11(10)12/h2-8H,1H3. The SMILES string of the molecule is Cc1nonc1N=Nc1ccc2cccccc1-2. The van der Waals surface area contributed by atoms with Gasteiger partial charge in [0.05, 0.1) is 5.69 Å². The molecule has 0 N–H and O–H groups in total. The lowest BCUT2D eigenvalue weighted by molar-refractivity contribution is 0.305. The molecule has 0 saturated heterocycles. The summed E-state index contributed by atoms with van der Waals surface area (Å²) < 4.78 is 4.56. The zero-order valence-corrected chi connectivity index (χ0v) is 9.74. The van der Waals surface area contributed by atoms with Gasteiger partial charge in [-0.1, -0.05) is 41.6 Å². The number of azo groups is 1. The molecule has 0 unspecified atom stereocenters. The molecule has 2 aliphatic carbocycles. The Morgan fingerprint density at radius 1 is 0.944 bits per heavy atom. The third kappa shape index (κ3) is 1.86. The van der Waals surface area contributed by atoms with Crippen molar-refractivity contribution in [1.29, 1.82) is 0 Å². The summed E-state index contributed by atoms with van der Waals surface area (Å²) in [6, 6.07) is 13.9. The number of hydrogen-bond acceptors (Lipinski definition) is 5. The van der Waals surface area contributed by atoms with Gasteiger partial charge in [0.1, 0.15) is 5.69 Å². The molecule has 1 aromatic rings. The Bertz CT molecular complexity index is 674. The molecule has 5 nitrogen and oxygen atoms in total. The van der Waals surface area contributed by atoms with Gasteiger partial charge in [0.15, 0.2) is 0 Å². The Kier molecular flexibility index (Phi) is 2.57. The van der Waals surface area contributed by atoms with Crippen LogP contribution in [0.4, 0.5) is 11.5 Å². The van der Waals surface area contributed by atoms with Crippen LogP contribution in [0.5, 0.6) is 0 Å². The van der Waals surface area contributed by atoms with Crippen LogP contribution in [0.25, 0.3) is 11.1 Å². The molecule has 88 valence electrons. The second-order valence-corrected chi connectivity index (χ2v) is 3.87. The molecule has 0 atom stereocenters. The third-order valence-electron chi connectivity index (χ3n) is 2.65. The van der Waals surface area contributed by atoms with Crippen LogP contribution in [0.1, 0.15) is 5.69 Å². The second-order valence-electron chi connectivity index (χ2n) is 3.87. The first-order valence-corrected chi connectivity index (χ1v) is 5.53. The zero-order chi connectivity index (χ0) is 12.4. The minimum absolute atomic E-state index is 0.407. The van der Waals surface area contributed by atoms with E-state index >= 15 is 0 Å². The fourth-order valence-electron chi connectivity index (χ4n) is 1.70. The average molecular weight is 238 g/mol. The van der Waals surface area contributed by atoms with Gasteiger partial charge in [-0.25, -0.2) is 4.63 Å². The summed E-state index contributed by atoms with van der Waals surface area (Å²) in [7, 11) is 0. The number of aromatic nitrogens is 2. The van der Waals surface area contributed by atoms with Crippen molar-refractivity contribution in [3.05, 3.63) is 48.2 Å². The Labute approximate surface area is 103 Å². The van der Waals surface area contributed by atoms with Gasteiger partial charge in [0, 0.05) is 5.56 Å². The molecule has 0 fully saturated rings. The summed E-state index contributed by atoms with van der Waals surface area (Å²) in [5.74, 6) is 0.407. The van der Waals surface area contributed by atoms with Gasteiger partial charge >= 0.3 is 0 Å². The Balaban J connectivity index is 1.98. The van der Waals surface area contributed by atoms with Gasteiger partial charge in [-0.2, -0.15) is 0 Å². The van der Waals surface area contributed by atoms with Gasteiger partial charge in [-0.05, 0) is 23.7 Å². The van der Waals surface area contributed by atoms with Crippen molar-refractivity contribution in [2.24, 2.45) is 10.2 Å². The topological polar surface area (TPSA) is 63.6 Å². The maximum atomic E-state index is 4.56. The van der Waals surface area contributed by atoms with Crippen LogP contribution in [0.2, 0.25) is 0 Å².